The molecule has 0 heterocycles. The zero-order valence-corrected chi connectivity index (χ0v) is 12.3. The first kappa shape index (κ1) is 15.2. The van der Waals surface area contributed by atoms with Gasteiger partial charge in [0, 0.05) is 6.26 Å². The van der Waals surface area contributed by atoms with Gasteiger partial charge in [-0.05, 0) is 35.4 Å². The Balaban J connectivity index is 2.66. The van der Waals surface area contributed by atoms with Crippen molar-refractivity contribution in [3.05, 3.63) is 53.8 Å². The Hall–Kier alpha value is -2.21. The highest BCUT2D eigenvalue weighted by molar-refractivity contribution is 7.90. The number of carbonyl (C=O) groups is 1. The van der Waals surface area contributed by atoms with Gasteiger partial charge < -0.3 is 4.74 Å². The lowest BCUT2D eigenvalue weighted by molar-refractivity contribution is 0.0601. The van der Waals surface area contributed by atoms with E-state index in [1.807, 2.05) is 0 Å². The minimum absolute atomic E-state index is 0.0220. The van der Waals surface area contributed by atoms with Crippen LogP contribution in [0.25, 0.3) is 11.1 Å². The molecule has 110 valence electrons. The van der Waals surface area contributed by atoms with E-state index in [0.717, 1.165) is 6.26 Å². The van der Waals surface area contributed by atoms with Gasteiger partial charge in [-0.3, -0.25) is 0 Å². The highest BCUT2D eigenvalue weighted by Gasteiger charge is 2.17. The summed E-state index contributed by atoms with van der Waals surface area (Å²) in [5, 5.41) is 0. The molecular formula is C15H13FO4S. The molecule has 0 atom stereocenters. The molecule has 0 aromatic heterocycles. The number of hydrogen-bond acceptors (Lipinski definition) is 4. The third kappa shape index (κ3) is 3.28. The number of ether oxygens (including phenoxy) is 1. The molecule has 0 radical (unpaired) electrons. The monoisotopic (exact) mass is 308 g/mol. The number of halogens is 1. The summed E-state index contributed by atoms with van der Waals surface area (Å²) in [6, 6.07) is 9.73. The fourth-order valence-corrected chi connectivity index (χ4v) is 2.56. The second-order valence-electron chi connectivity index (χ2n) is 4.48. The standard InChI is InChI=1S/C15H13FO4S/c1-20-15(17)14-9-12(21(2,18)19)7-8-13(14)10-3-5-11(16)6-4-10/h3-9H,1-2H3. The Kier molecular flexibility index (Phi) is 4.09. The van der Waals surface area contributed by atoms with Gasteiger partial charge in [0.05, 0.1) is 17.6 Å². The first-order valence-corrected chi connectivity index (χ1v) is 7.90. The van der Waals surface area contributed by atoms with Gasteiger partial charge in [-0.25, -0.2) is 17.6 Å². The van der Waals surface area contributed by atoms with Gasteiger partial charge in [0.1, 0.15) is 5.82 Å². The van der Waals surface area contributed by atoms with Gasteiger partial charge in [0.25, 0.3) is 0 Å². The van der Waals surface area contributed by atoms with Crippen molar-refractivity contribution in [3.8, 4) is 11.1 Å². The predicted octanol–water partition coefficient (Wildman–Crippen LogP) is 2.68. The normalized spacial score (nSPS) is 11.2. The molecule has 2 aromatic rings. The van der Waals surface area contributed by atoms with E-state index in [0.29, 0.717) is 11.1 Å². The van der Waals surface area contributed by atoms with E-state index in [4.69, 9.17) is 0 Å². The summed E-state index contributed by atoms with van der Waals surface area (Å²) < 4.78 is 40.8. The smallest absolute Gasteiger partial charge is 0.338 e. The molecule has 21 heavy (non-hydrogen) atoms. The number of rotatable bonds is 3. The summed E-state index contributed by atoms with van der Waals surface area (Å²) in [6.45, 7) is 0. The van der Waals surface area contributed by atoms with Crippen molar-refractivity contribution in [3.63, 3.8) is 0 Å². The third-order valence-corrected chi connectivity index (χ3v) is 4.09. The van der Waals surface area contributed by atoms with E-state index in [2.05, 4.69) is 4.74 Å². The minimum Gasteiger partial charge on any atom is -0.465 e. The summed E-state index contributed by atoms with van der Waals surface area (Å²) in [4.78, 5) is 11.9. The predicted molar refractivity (Wildman–Crippen MR) is 76.3 cm³/mol. The molecule has 0 amide bonds. The lowest BCUT2D eigenvalue weighted by atomic mass is 10.00. The molecule has 6 heteroatoms. The van der Waals surface area contributed by atoms with Crippen LogP contribution in [0, 0.1) is 5.82 Å². The van der Waals surface area contributed by atoms with Crippen LogP contribution in [0.2, 0.25) is 0 Å². The van der Waals surface area contributed by atoms with Crippen molar-refractivity contribution < 1.29 is 22.3 Å². The van der Waals surface area contributed by atoms with Crippen LogP contribution in [0.3, 0.4) is 0 Å². The summed E-state index contributed by atoms with van der Waals surface area (Å²) in [5.41, 5.74) is 1.19. The van der Waals surface area contributed by atoms with Gasteiger partial charge in [-0.15, -0.1) is 0 Å². The average Bonchev–Trinajstić information content (AvgIpc) is 2.46. The SMILES string of the molecule is COC(=O)c1cc(S(C)(=O)=O)ccc1-c1ccc(F)cc1. The first-order valence-electron chi connectivity index (χ1n) is 6.01. The van der Waals surface area contributed by atoms with Gasteiger partial charge in [-0.2, -0.15) is 0 Å². The molecule has 4 nitrogen and oxygen atoms in total. The van der Waals surface area contributed by atoms with Crippen LogP contribution in [0.5, 0.6) is 0 Å². The zero-order chi connectivity index (χ0) is 15.6. The van der Waals surface area contributed by atoms with E-state index in [1.54, 1.807) is 0 Å². The minimum atomic E-state index is -3.44. The summed E-state index contributed by atoms with van der Waals surface area (Å²) in [5.74, 6) is -1.05. The van der Waals surface area contributed by atoms with E-state index < -0.39 is 21.6 Å². The average molecular weight is 308 g/mol. The second kappa shape index (κ2) is 5.65. The van der Waals surface area contributed by atoms with E-state index in [-0.39, 0.29) is 10.5 Å². The zero-order valence-electron chi connectivity index (χ0n) is 11.5. The van der Waals surface area contributed by atoms with Crippen LogP contribution in [0.4, 0.5) is 4.39 Å². The lowest BCUT2D eigenvalue weighted by Crippen LogP contribution is -2.06. The van der Waals surface area contributed by atoms with Crippen LogP contribution in [-0.2, 0) is 14.6 Å². The Labute approximate surface area is 122 Å². The third-order valence-electron chi connectivity index (χ3n) is 2.98. The summed E-state index contributed by atoms with van der Waals surface area (Å²) in [7, 11) is -2.23. The highest BCUT2D eigenvalue weighted by Crippen LogP contribution is 2.27. The van der Waals surface area contributed by atoms with E-state index >= 15 is 0 Å². The highest BCUT2D eigenvalue weighted by atomic mass is 32.2. The molecular weight excluding hydrogens is 295 g/mol. The molecule has 0 fully saturated rings. The molecule has 0 aliphatic heterocycles. The topological polar surface area (TPSA) is 60.4 Å². The maximum atomic E-state index is 13.0. The van der Waals surface area contributed by atoms with Crippen molar-refractivity contribution in [2.24, 2.45) is 0 Å². The molecule has 0 spiro atoms. The van der Waals surface area contributed by atoms with Crippen molar-refractivity contribution in [1.82, 2.24) is 0 Å². The molecule has 0 unspecified atom stereocenters. The first-order chi connectivity index (χ1) is 9.82. The van der Waals surface area contributed by atoms with Gasteiger partial charge in [0.15, 0.2) is 9.84 Å². The Morgan fingerprint density at radius 1 is 1.10 bits per heavy atom. The molecule has 2 rings (SSSR count). The number of hydrogen-bond donors (Lipinski definition) is 0. The molecule has 0 aliphatic carbocycles. The molecule has 2 aromatic carbocycles. The van der Waals surface area contributed by atoms with Crippen molar-refractivity contribution >= 4 is 15.8 Å². The van der Waals surface area contributed by atoms with Crippen LogP contribution in [-0.4, -0.2) is 27.8 Å². The fraction of sp³-hybridized carbons (Fsp3) is 0.133. The summed E-state index contributed by atoms with van der Waals surface area (Å²) >= 11 is 0. The lowest BCUT2D eigenvalue weighted by Gasteiger charge is -2.10. The number of benzene rings is 2. The Morgan fingerprint density at radius 3 is 2.24 bits per heavy atom. The van der Waals surface area contributed by atoms with Gasteiger partial charge in [-0.1, -0.05) is 18.2 Å². The number of methoxy groups -OCH3 is 1. The second-order valence-corrected chi connectivity index (χ2v) is 6.49. The molecule has 0 aliphatic rings. The maximum Gasteiger partial charge on any atom is 0.338 e. The Bertz CT molecular complexity index is 780. The molecule has 0 N–H and O–H groups in total. The molecule has 0 bridgehead atoms. The number of sulfone groups is 1. The van der Waals surface area contributed by atoms with Gasteiger partial charge in [0.2, 0.25) is 0 Å². The van der Waals surface area contributed by atoms with Gasteiger partial charge >= 0.3 is 5.97 Å². The fourth-order valence-electron chi connectivity index (χ4n) is 1.91. The number of carbonyl (C=O) groups excluding carboxylic acids is 1. The quantitative estimate of drug-likeness (QED) is 0.818. The van der Waals surface area contributed by atoms with Crippen LogP contribution >= 0.6 is 0 Å². The van der Waals surface area contributed by atoms with Crippen molar-refractivity contribution in [1.29, 1.82) is 0 Å². The van der Waals surface area contributed by atoms with E-state index in [9.17, 15) is 17.6 Å². The molecule has 0 saturated heterocycles. The van der Waals surface area contributed by atoms with Crippen LogP contribution in [0.1, 0.15) is 10.4 Å². The van der Waals surface area contributed by atoms with Crippen LogP contribution in [0.15, 0.2) is 47.4 Å². The van der Waals surface area contributed by atoms with Crippen LogP contribution < -0.4 is 0 Å². The summed E-state index contributed by atoms with van der Waals surface area (Å²) in [6.07, 6.45) is 1.06. The molecule has 0 saturated carbocycles. The van der Waals surface area contributed by atoms with E-state index in [1.165, 1.54) is 49.6 Å². The Morgan fingerprint density at radius 2 is 1.71 bits per heavy atom. The van der Waals surface area contributed by atoms with Crippen molar-refractivity contribution in [2.45, 2.75) is 4.90 Å². The maximum absolute atomic E-state index is 13.0. The van der Waals surface area contributed by atoms with Crippen molar-refractivity contribution in [2.75, 3.05) is 13.4 Å². The largest absolute Gasteiger partial charge is 0.465 e. The number of esters is 1.